The van der Waals surface area contributed by atoms with Crippen molar-refractivity contribution in [2.45, 2.75) is 26.2 Å². The van der Waals surface area contributed by atoms with Gasteiger partial charge >= 0.3 is 0 Å². The first-order valence-corrected chi connectivity index (χ1v) is 3.98. The number of rotatable bonds is 3. The van der Waals surface area contributed by atoms with Crippen LogP contribution in [0.25, 0.3) is 0 Å². The van der Waals surface area contributed by atoms with Crippen molar-refractivity contribution in [1.82, 2.24) is 4.98 Å². The third kappa shape index (κ3) is 2.03. The summed E-state index contributed by atoms with van der Waals surface area (Å²) in [6.07, 6.45) is -2.53. The van der Waals surface area contributed by atoms with E-state index in [2.05, 4.69) is 4.98 Å². The van der Waals surface area contributed by atoms with Crippen LogP contribution < -0.4 is 5.73 Å². The number of aromatic nitrogens is 1. The molecule has 1 heterocycles. The Labute approximate surface area is 74.9 Å². The Bertz CT molecular complexity index is 266. The number of nitrogens with two attached hydrogens (primary N) is 1. The van der Waals surface area contributed by atoms with Crippen LogP contribution in [0, 0.1) is 13.8 Å². The Morgan fingerprint density at radius 2 is 2.08 bits per heavy atom. The SMILES string of the molecule is Cc1nc(C(CN)C(F)F)oc1C. The standard InChI is InChI=1S/C8H12F2N2O/c1-4-5(2)13-8(12-4)6(3-11)7(9)10/h6-7H,3,11H2,1-2H3. The first kappa shape index (κ1) is 10.1. The van der Waals surface area contributed by atoms with Crippen LogP contribution in [0.1, 0.15) is 23.3 Å². The van der Waals surface area contributed by atoms with Crippen LogP contribution in [-0.4, -0.2) is 18.0 Å². The molecule has 13 heavy (non-hydrogen) atoms. The second-order valence-corrected chi connectivity index (χ2v) is 2.87. The van der Waals surface area contributed by atoms with Crippen LogP contribution in [-0.2, 0) is 0 Å². The van der Waals surface area contributed by atoms with Gasteiger partial charge in [-0.2, -0.15) is 0 Å². The molecule has 0 aliphatic heterocycles. The number of aryl methyl sites for hydroxylation is 2. The van der Waals surface area contributed by atoms with E-state index in [4.69, 9.17) is 10.2 Å². The van der Waals surface area contributed by atoms with Crippen LogP contribution in [0.3, 0.4) is 0 Å². The number of halogens is 2. The zero-order valence-electron chi connectivity index (χ0n) is 7.55. The molecular weight excluding hydrogens is 178 g/mol. The number of hydrogen-bond acceptors (Lipinski definition) is 3. The fourth-order valence-electron chi connectivity index (χ4n) is 0.968. The number of oxazole rings is 1. The molecule has 0 radical (unpaired) electrons. The minimum Gasteiger partial charge on any atom is -0.445 e. The fourth-order valence-corrected chi connectivity index (χ4v) is 0.968. The second kappa shape index (κ2) is 3.83. The van der Waals surface area contributed by atoms with E-state index in [-0.39, 0.29) is 12.4 Å². The molecule has 74 valence electrons. The largest absolute Gasteiger partial charge is 0.445 e. The van der Waals surface area contributed by atoms with Gasteiger partial charge in [0.05, 0.1) is 5.69 Å². The molecule has 1 rings (SSSR count). The summed E-state index contributed by atoms with van der Waals surface area (Å²) in [5.41, 5.74) is 5.82. The second-order valence-electron chi connectivity index (χ2n) is 2.87. The van der Waals surface area contributed by atoms with Crippen molar-refractivity contribution >= 4 is 0 Å². The molecule has 0 bridgehead atoms. The first-order chi connectivity index (χ1) is 6.06. The molecule has 3 nitrogen and oxygen atoms in total. The highest BCUT2D eigenvalue weighted by atomic mass is 19.3. The van der Waals surface area contributed by atoms with Crippen molar-refractivity contribution < 1.29 is 13.2 Å². The van der Waals surface area contributed by atoms with Gasteiger partial charge in [0.2, 0.25) is 5.89 Å². The Morgan fingerprint density at radius 1 is 1.46 bits per heavy atom. The highest BCUT2D eigenvalue weighted by Crippen LogP contribution is 2.23. The lowest BCUT2D eigenvalue weighted by atomic mass is 10.1. The molecule has 0 aromatic carbocycles. The lowest BCUT2D eigenvalue weighted by Crippen LogP contribution is -2.19. The Hall–Kier alpha value is -0.970. The molecule has 0 amide bonds. The van der Waals surface area contributed by atoms with Crippen molar-refractivity contribution in [2.75, 3.05) is 6.54 Å². The van der Waals surface area contributed by atoms with Crippen molar-refractivity contribution in [2.24, 2.45) is 5.73 Å². The van der Waals surface area contributed by atoms with Crippen molar-refractivity contribution in [3.8, 4) is 0 Å². The summed E-state index contributed by atoms with van der Waals surface area (Å²) in [4.78, 5) is 3.88. The lowest BCUT2D eigenvalue weighted by Gasteiger charge is -2.08. The zero-order valence-corrected chi connectivity index (χ0v) is 7.55. The van der Waals surface area contributed by atoms with Gasteiger partial charge in [0.1, 0.15) is 11.7 Å². The molecule has 0 aliphatic carbocycles. The van der Waals surface area contributed by atoms with E-state index in [9.17, 15) is 8.78 Å². The van der Waals surface area contributed by atoms with Gasteiger partial charge in [-0.1, -0.05) is 0 Å². The van der Waals surface area contributed by atoms with Gasteiger partial charge in [0.15, 0.2) is 0 Å². The average Bonchev–Trinajstić information content (AvgIpc) is 2.32. The monoisotopic (exact) mass is 190 g/mol. The van der Waals surface area contributed by atoms with Gasteiger partial charge in [0.25, 0.3) is 6.43 Å². The normalized spacial score (nSPS) is 13.7. The van der Waals surface area contributed by atoms with Gasteiger partial charge in [-0.3, -0.25) is 0 Å². The summed E-state index contributed by atoms with van der Waals surface area (Å²) in [6, 6.07) is 0. The fraction of sp³-hybridized carbons (Fsp3) is 0.625. The van der Waals surface area contributed by atoms with Crippen LogP contribution >= 0.6 is 0 Å². The van der Waals surface area contributed by atoms with E-state index in [0.717, 1.165) is 0 Å². The van der Waals surface area contributed by atoms with E-state index < -0.39 is 12.3 Å². The smallest absolute Gasteiger partial charge is 0.251 e. The van der Waals surface area contributed by atoms with Crippen LogP contribution in [0.4, 0.5) is 8.78 Å². The molecule has 0 aliphatic rings. The highest BCUT2D eigenvalue weighted by Gasteiger charge is 2.26. The Morgan fingerprint density at radius 3 is 2.38 bits per heavy atom. The van der Waals surface area contributed by atoms with Crippen molar-refractivity contribution in [3.05, 3.63) is 17.3 Å². The first-order valence-electron chi connectivity index (χ1n) is 3.98. The minimum absolute atomic E-state index is 0.0347. The average molecular weight is 190 g/mol. The van der Waals surface area contributed by atoms with Gasteiger partial charge < -0.3 is 10.2 Å². The third-order valence-corrected chi connectivity index (χ3v) is 1.92. The van der Waals surface area contributed by atoms with E-state index in [0.29, 0.717) is 11.5 Å². The summed E-state index contributed by atoms with van der Waals surface area (Å²) >= 11 is 0. The molecule has 1 unspecified atom stereocenters. The maximum atomic E-state index is 12.3. The Balaban J connectivity index is 2.92. The predicted octanol–water partition coefficient (Wildman–Crippen LogP) is 1.60. The summed E-state index contributed by atoms with van der Waals surface area (Å²) in [5.74, 6) is -0.492. The molecule has 1 atom stereocenters. The molecule has 1 aromatic heterocycles. The maximum absolute atomic E-state index is 12.3. The van der Waals surface area contributed by atoms with Gasteiger partial charge in [0, 0.05) is 6.54 Å². The molecule has 0 fully saturated rings. The van der Waals surface area contributed by atoms with E-state index >= 15 is 0 Å². The number of hydrogen-bond donors (Lipinski definition) is 1. The van der Waals surface area contributed by atoms with Crippen LogP contribution in [0.15, 0.2) is 4.42 Å². The van der Waals surface area contributed by atoms with E-state index in [1.165, 1.54) is 0 Å². The molecular formula is C8H12F2N2O. The molecule has 1 aromatic rings. The summed E-state index contributed by atoms with van der Waals surface area (Å²) in [5, 5.41) is 0. The molecule has 0 saturated heterocycles. The van der Waals surface area contributed by atoms with Gasteiger partial charge in [-0.25, -0.2) is 13.8 Å². The molecule has 0 spiro atoms. The summed E-state index contributed by atoms with van der Waals surface area (Å²) in [6.45, 7) is 3.24. The van der Waals surface area contributed by atoms with Gasteiger partial charge in [-0.05, 0) is 13.8 Å². The highest BCUT2D eigenvalue weighted by molar-refractivity contribution is 5.08. The van der Waals surface area contributed by atoms with Crippen molar-refractivity contribution in [1.29, 1.82) is 0 Å². The Kier molecular flexibility index (Phi) is 2.98. The van der Waals surface area contributed by atoms with E-state index in [1.807, 2.05) is 0 Å². The lowest BCUT2D eigenvalue weighted by molar-refractivity contribution is 0.104. The van der Waals surface area contributed by atoms with Crippen LogP contribution in [0.2, 0.25) is 0 Å². The van der Waals surface area contributed by atoms with Gasteiger partial charge in [-0.15, -0.1) is 0 Å². The zero-order chi connectivity index (χ0) is 10.0. The topological polar surface area (TPSA) is 52.0 Å². The molecule has 0 saturated carbocycles. The quantitative estimate of drug-likeness (QED) is 0.787. The number of alkyl halides is 2. The van der Waals surface area contributed by atoms with Crippen LogP contribution in [0.5, 0.6) is 0 Å². The summed E-state index contributed by atoms with van der Waals surface area (Å²) in [7, 11) is 0. The maximum Gasteiger partial charge on any atom is 0.251 e. The predicted molar refractivity (Wildman–Crippen MR) is 43.8 cm³/mol. The van der Waals surface area contributed by atoms with Crippen molar-refractivity contribution in [3.63, 3.8) is 0 Å². The molecule has 2 N–H and O–H groups in total. The summed E-state index contributed by atoms with van der Waals surface area (Å²) < 4.78 is 29.7. The number of nitrogens with zero attached hydrogens (tertiary/aromatic N) is 1. The molecule has 5 heteroatoms. The minimum atomic E-state index is -2.53. The third-order valence-electron chi connectivity index (χ3n) is 1.92. The van der Waals surface area contributed by atoms with E-state index in [1.54, 1.807) is 13.8 Å².